The van der Waals surface area contributed by atoms with E-state index in [1.165, 1.54) is 43.7 Å². The maximum atomic E-state index is 6.25. The van der Waals surface area contributed by atoms with Crippen molar-refractivity contribution in [2.75, 3.05) is 0 Å². The van der Waals surface area contributed by atoms with Crippen LogP contribution in [0.1, 0.15) is 0 Å². The van der Waals surface area contributed by atoms with E-state index in [0.29, 0.717) is 23.1 Å². The van der Waals surface area contributed by atoms with Crippen molar-refractivity contribution in [1.29, 1.82) is 0 Å². The summed E-state index contributed by atoms with van der Waals surface area (Å²) in [6, 6.07) is 70.6. The Hall–Kier alpha value is -8.74. The highest BCUT2D eigenvalue weighted by Gasteiger charge is 2.19. The number of para-hydroxylation sites is 1. The first-order valence-corrected chi connectivity index (χ1v) is 21.4. The second-order valence-electron chi connectivity index (χ2n) is 16.3. The molecule has 13 rings (SSSR count). The molecule has 0 saturated carbocycles. The van der Waals surface area contributed by atoms with Gasteiger partial charge in [0.15, 0.2) is 23.1 Å². The van der Waals surface area contributed by atoms with Crippen LogP contribution in [-0.4, -0.2) is 24.5 Å². The zero-order chi connectivity index (χ0) is 42.1. The molecule has 0 fully saturated rings. The molecule has 0 radical (unpaired) electrons. The highest BCUT2D eigenvalue weighted by molar-refractivity contribution is 6.21. The van der Waals surface area contributed by atoms with Gasteiger partial charge in [0.2, 0.25) is 0 Å². The van der Waals surface area contributed by atoms with E-state index in [1.54, 1.807) is 12.4 Å². The lowest BCUT2D eigenvalue weighted by atomic mass is 9.99. The average Bonchev–Trinajstić information content (AvgIpc) is 3.93. The molecule has 0 aliphatic heterocycles. The lowest BCUT2D eigenvalue weighted by Gasteiger charge is -2.12. The van der Waals surface area contributed by atoms with E-state index in [2.05, 4.69) is 185 Å². The molecule has 6 nitrogen and oxygen atoms in total. The Bertz CT molecular complexity index is 3960. The van der Waals surface area contributed by atoms with Crippen molar-refractivity contribution in [2.45, 2.75) is 0 Å². The van der Waals surface area contributed by atoms with Gasteiger partial charge in [-0.2, -0.15) is 0 Å². The molecular weight excluding hydrogens is 783 g/mol. The van der Waals surface area contributed by atoms with E-state index in [-0.39, 0.29) is 0 Å². The molecule has 0 spiro atoms. The number of hydrogen-bond acceptors (Lipinski definition) is 5. The Balaban J connectivity index is 0.927. The minimum absolute atomic E-state index is 0.568. The maximum Gasteiger partial charge on any atom is 0.164 e. The van der Waals surface area contributed by atoms with E-state index < -0.39 is 0 Å². The summed E-state index contributed by atoms with van der Waals surface area (Å²) in [5.74, 6) is 1.74. The Morgan fingerprint density at radius 3 is 1.84 bits per heavy atom. The Morgan fingerprint density at radius 2 is 0.984 bits per heavy atom. The van der Waals surface area contributed by atoms with Crippen molar-refractivity contribution < 1.29 is 4.42 Å². The average molecular weight is 818 g/mol. The van der Waals surface area contributed by atoms with Crippen LogP contribution in [0.4, 0.5) is 0 Å². The second kappa shape index (κ2) is 14.4. The number of furan rings is 1. The van der Waals surface area contributed by atoms with Crippen LogP contribution in [0.3, 0.4) is 0 Å². The van der Waals surface area contributed by atoms with Gasteiger partial charge < -0.3 is 8.98 Å². The number of pyridine rings is 1. The Morgan fingerprint density at radius 1 is 0.359 bits per heavy atom. The molecule has 6 heteroatoms. The van der Waals surface area contributed by atoms with Gasteiger partial charge in [0.05, 0.1) is 17.2 Å². The van der Waals surface area contributed by atoms with E-state index in [9.17, 15) is 0 Å². The van der Waals surface area contributed by atoms with E-state index in [1.807, 2.05) is 24.3 Å². The van der Waals surface area contributed by atoms with Crippen LogP contribution in [0.15, 0.2) is 217 Å². The van der Waals surface area contributed by atoms with Gasteiger partial charge in [0, 0.05) is 50.1 Å². The summed E-state index contributed by atoms with van der Waals surface area (Å²) >= 11 is 0. The molecular formula is C58H35N5O. The first-order valence-electron chi connectivity index (χ1n) is 21.4. The van der Waals surface area contributed by atoms with Crippen molar-refractivity contribution in [3.63, 3.8) is 0 Å². The molecule has 0 atom stereocenters. The van der Waals surface area contributed by atoms with Crippen LogP contribution < -0.4 is 0 Å². The number of fused-ring (bicyclic) bond motifs is 9. The second-order valence-corrected chi connectivity index (χ2v) is 16.3. The van der Waals surface area contributed by atoms with Crippen LogP contribution in [0.2, 0.25) is 0 Å². The van der Waals surface area contributed by atoms with Gasteiger partial charge in [-0.1, -0.05) is 146 Å². The molecule has 0 saturated heterocycles. The van der Waals surface area contributed by atoms with Gasteiger partial charge >= 0.3 is 0 Å². The topological polar surface area (TPSA) is 69.6 Å². The lowest BCUT2D eigenvalue weighted by molar-refractivity contribution is 0.667. The molecule has 0 aliphatic rings. The Kier molecular flexibility index (Phi) is 8.11. The first kappa shape index (κ1) is 36.0. The minimum atomic E-state index is 0.568. The largest absolute Gasteiger partial charge is 0.454 e. The van der Waals surface area contributed by atoms with Crippen molar-refractivity contribution in [1.82, 2.24) is 24.5 Å². The van der Waals surface area contributed by atoms with Gasteiger partial charge in [-0.15, -0.1) is 0 Å². The fraction of sp³-hybridized carbons (Fsp3) is 0. The molecule has 4 aromatic heterocycles. The van der Waals surface area contributed by atoms with E-state index >= 15 is 0 Å². The molecule has 64 heavy (non-hydrogen) atoms. The third-order valence-corrected chi connectivity index (χ3v) is 12.5. The SMILES string of the molecule is c1ccc(-c2ccc3cc(-c4nc(-c5cccc(-c6ccc(-n7c8ccccc8c8c9ccccc9ccc87)cc6)c5)nc(-c5cccc6oc7cnccc7c56)n4)ccc3c2)cc1. The first-order chi connectivity index (χ1) is 31.7. The highest BCUT2D eigenvalue weighted by Crippen LogP contribution is 2.39. The molecule has 4 heterocycles. The summed E-state index contributed by atoms with van der Waals surface area (Å²) in [4.78, 5) is 19.9. The number of rotatable bonds is 6. The molecule has 0 aliphatic carbocycles. The zero-order valence-corrected chi connectivity index (χ0v) is 34.4. The van der Waals surface area contributed by atoms with Crippen molar-refractivity contribution >= 4 is 65.3 Å². The normalized spacial score (nSPS) is 11.8. The van der Waals surface area contributed by atoms with Gasteiger partial charge in [-0.3, -0.25) is 4.98 Å². The summed E-state index contributed by atoms with van der Waals surface area (Å²) in [7, 11) is 0. The summed E-state index contributed by atoms with van der Waals surface area (Å²) in [5, 5.41) is 9.19. The number of benzene rings is 9. The van der Waals surface area contributed by atoms with Crippen molar-refractivity contribution in [2.24, 2.45) is 0 Å². The molecule has 0 amide bonds. The summed E-state index contributed by atoms with van der Waals surface area (Å²) in [5.41, 5.74) is 12.1. The third kappa shape index (κ3) is 5.88. The smallest absolute Gasteiger partial charge is 0.164 e. The van der Waals surface area contributed by atoms with E-state index in [4.69, 9.17) is 19.4 Å². The quantitative estimate of drug-likeness (QED) is 0.167. The van der Waals surface area contributed by atoms with Crippen LogP contribution in [0.5, 0.6) is 0 Å². The zero-order valence-electron chi connectivity index (χ0n) is 34.4. The number of hydrogen-bond donors (Lipinski definition) is 0. The predicted octanol–water partition coefficient (Wildman–Crippen LogP) is 14.9. The van der Waals surface area contributed by atoms with Gasteiger partial charge in [-0.05, 0) is 98.4 Å². The maximum absolute atomic E-state index is 6.25. The molecule has 298 valence electrons. The van der Waals surface area contributed by atoms with Crippen LogP contribution >= 0.6 is 0 Å². The third-order valence-electron chi connectivity index (χ3n) is 12.5. The molecule has 0 unspecified atom stereocenters. The minimum Gasteiger partial charge on any atom is -0.454 e. The Labute approximate surface area is 367 Å². The summed E-state index contributed by atoms with van der Waals surface area (Å²) < 4.78 is 8.63. The number of nitrogens with zero attached hydrogens (tertiary/aromatic N) is 5. The molecule has 13 aromatic rings. The molecule has 0 N–H and O–H groups in total. The predicted molar refractivity (Wildman–Crippen MR) is 261 cm³/mol. The monoisotopic (exact) mass is 817 g/mol. The molecule has 9 aromatic carbocycles. The lowest BCUT2D eigenvalue weighted by Crippen LogP contribution is -2.00. The fourth-order valence-corrected chi connectivity index (χ4v) is 9.47. The van der Waals surface area contributed by atoms with Crippen LogP contribution in [-0.2, 0) is 0 Å². The molecule has 0 bridgehead atoms. The van der Waals surface area contributed by atoms with Crippen LogP contribution in [0, 0.1) is 0 Å². The number of aromatic nitrogens is 5. The standard InChI is InChI=1S/C58H35N5O/c1-2-10-36(11-3-1)40-20-21-42-34-44(23-22-41(42)32-40)57-60-56(61-58(62-57)49-17-9-19-52-55(49)48-30-31-59-35-53(48)64-52)43-14-8-13-39(33-43)37-24-27-45(28-25-37)63-50-18-7-6-16-47(50)54-46-15-5-4-12-38(46)26-29-51(54)63/h1-35H. The summed E-state index contributed by atoms with van der Waals surface area (Å²) in [6.07, 6.45) is 3.55. The van der Waals surface area contributed by atoms with Crippen molar-refractivity contribution in [3.05, 3.63) is 213 Å². The van der Waals surface area contributed by atoms with E-state index in [0.717, 1.165) is 60.6 Å². The van der Waals surface area contributed by atoms with Gasteiger partial charge in [0.25, 0.3) is 0 Å². The highest BCUT2D eigenvalue weighted by atomic mass is 16.3. The van der Waals surface area contributed by atoms with Crippen LogP contribution in [0.25, 0.3) is 127 Å². The fourth-order valence-electron chi connectivity index (χ4n) is 9.47. The van der Waals surface area contributed by atoms with Gasteiger partial charge in [-0.25, -0.2) is 15.0 Å². The van der Waals surface area contributed by atoms with Crippen molar-refractivity contribution in [3.8, 4) is 62.1 Å². The van der Waals surface area contributed by atoms with Gasteiger partial charge in [0.1, 0.15) is 5.58 Å². The summed E-state index contributed by atoms with van der Waals surface area (Å²) in [6.45, 7) is 0.